The van der Waals surface area contributed by atoms with Gasteiger partial charge in [-0.25, -0.2) is 9.59 Å². The van der Waals surface area contributed by atoms with E-state index in [2.05, 4.69) is 0 Å². The molecule has 0 aliphatic rings. The molecule has 2 N–H and O–H groups in total. The average molecular weight is 282 g/mol. The van der Waals surface area contributed by atoms with Gasteiger partial charge in [0.2, 0.25) is 17.6 Å². The highest BCUT2D eigenvalue weighted by molar-refractivity contribution is 6.12. The van der Waals surface area contributed by atoms with Gasteiger partial charge in [-0.3, -0.25) is 0 Å². The molecule has 5 heteroatoms. The molecule has 0 fully saturated rings. The fourth-order valence-electron chi connectivity index (χ4n) is 2.65. The van der Waals surface area contributed by atoms with E-state index >= 15 is 0 Å². The molecule has 0 amide bonds. The van der Waals surface area contributed by atoms with E-state index in [0.717, 1.165) is 0 Å². The van der Waals surface area contributed by atoms with Crippen LogP contribution in [-0.2, 0) is 11.3 Å². The van der Waals surface area contributed by atoms with Crippen molar-refractivity contribution in [1.82, 2.24) is 0 Å². The summed E-state index contributed by atoms with van der Waals surface area (Å²) in [4.78, 5) is 22.8. The Morgan fingerprint density at radius 2 is 1.33 bits per heavy atom. The fraction of sp³-hybridized carbons (Fsp3) is 0.0625. The van der Waals surface area contributed by atoms with Crippen molar-refractivity contribution in [3.8, 4) is 0 Å². The van der Waals surface area contributed by atoms with Gasteiger partial charge in [0.25, 0.3) is 0 Å². The van der Waals surface area contributed by atoms with Gasteiger partial charge < -0.3 is 10.2 Å². The number of hydrogen-bond donors (Lipinski definition) is 2. The van der Waals surface area contributed by atoms with Crippen molar-refractivity contribution in [1.29, 1.82) is 0 Å². The van der Waals surface area contributed by atoms with Crippen molar-refractivity contribution in [2.45, 2.75) is 6.54 Å². The number of aromatic nitrogens is 1. The van der Waals surface area contributed by atoms with E-state index < -0.39 is 11.9 Å². The maximum absolute atomic E-state index is 11.6. The monoisotopic (exact) mass is 282 g/mol. The molecule has 0 atom stereocenters. The third kappa shape index (κ3) is 2.08. The van der Waals surface area contributed by atoms with Gasteiger partial charge in [0.1, 0.15) is 0 Å². The number of benzene rings is 2. The van der Waals surface area contributed by atoms with Gasteiger partial charge in [0.05, 0.1) is 16.3 Å². The van der Waals surface area contributed by atoms with E-state index in [0.29, 0.717) is 21.8 Å². The maximum atomic E-state index is 11.6. The van der Waals surface area contributed by atoms with Crippen LogP contribution in [0.3, 0.4) is 0 Å². The number of nitrogens with zero attached hydrogens (tertiary/aromatic N) is 1. The Hall–Kier alpha value is -2.95. The van der Waals surface area contributed by atoms with Crippen molar-refractivity contribution < 1.29 is 24.4 Å². The number of carbonyl (C=O) groups is 2. The summed E-state index contributed by atoms with van der Waals surface area (Å²) in [7, 11) is 0. The van der Waals surface area contributed by atoms with Crippen LogP contribution in [0.5, 0.6) is 0 Å². The zero-order chi connectivity index (χ0) is 15.0. The normalized spacial score (nSPS) is 10.9. The molecule has 104 valence electrons. The summed E-state index contributed by atoms with van der Waals surface area (Å²) in [5.74, 6) is -2.00. The summed E-state index contributed by atoms with van der Waals surface area (Å²) >= 11 is 0. The quantitative estimate of drug-likeness (QED) is 0.569. The number of hydrogen-bond acceptors (Lipinski definition) is 2. The predicted octanol–water partition coefficient (Wildman–Crippen LogP) is 2.06. The summed E-state index contributed by atoms with van der Waals surface area (Å²) < 4.78 is 1.62. The molecule has 0 saturated carbocycles. The van der Waals surface area contributed by atoms with Crippen LogP contribution in [0.4, 0.5) is 0 Å². The zero-order valence-electron chi connectivity index (χ0n) is 11.0. The van der Waals surface area contributed by atoms with Crippen molar-refractivity contribution in [3.05, 3.63) is 54.1 Å². The van der Waals surface area contributed by atoms with Crippen LogP contribution in [0.2, 0.25) is 0 Å². The average Bonchev–Trinajstić information content (AvgIpc) is 2.46. The van der Waals surface area contributed by atoms with Gasteiger partial charge >= 0.3 is 11.9 Å². The first-order chi connectivity index (χ1) is 10.1. The summed E-state index contributed by atoms with van der Waals surface area (Å²) in [5, 5.41) is 19.7. The van der Waals surface area contributed by atoms with Crippen molar-refractivity contribution in [2.24, 2.45) is 0 Å². The van der Waals surface area contributed by atoms with E-state index in [1.807, 2.05) is 0 Å². The number of aliphatic carboxylic acids is 1. The van der Waals surface area contributed by atoms with Crippen LogP contribution in [-0.4, -0.2) is 22.2 Å². The highest BCUT2D eigenvalue weighted by Crippen LogP contribution is 2.24. The minimum Gasteiger partial charge on any atom is -0.478 e. The molecule has 3 rings (SSSR count). The van der Waals surface area contributed by atoms with Crippen LogP contribution < -0.4 is 4.57 Å². The number of para-hydroxylation sites is 2. The highest BCUT2D eigenvalue weighted by Gasteiger charge is 2.24. The van der Waals surface area contributed by atoms with Crippen molar-refractivity contribution in [2.75, 3.05) is 0 Å². The van der Waals surface area contributed by atoms with Crippen LogP contribution >= 0.6 is 0 Å². The third-order valence-corrected chi connectivity index (χ3v) is 3.44. The van der Waals surface area contributed by atoms with Gasteiger partial charge in [-0.05, 0) is 12.1 Å². The molecular formula is C16H12NO4+. The number of carboxylic acids is 2. The maximum Gasteiger partial charge on any atom is 0.370 e. The van der Waals surface area contributed by atoms with Gasteiger partial charge in [0.15, 0.2) is 0 Å². The summed E-state index contributed by atoms with van der Waals surface area (Å²) in [6.07, 6.45) is 0. The molecular weight excluding hydrogens is 270 g/mol. The van der Waals surface area contributed by atoms with Crippen LogP contribution in [0.1, 0.15) is 10.4 Å². The zero-order valence-corrected chi connectivity index (χ0v) is 11.0. The molecule has 5 nitrogen and oxygen atoms in total. The number of rotatable bonds is 3. The van der Waals surface area contributed by atoms with Crippen LogP contribution in [0, 0.1) is 0 Å². The lowest BCUT2D eigenvalue weighted by molar-refractivity contribution is -0.633. The predicted molar refractivity (Wildman–Crippen MR) is 76.2 cm³/mol. The lowest BCUT2D eigenvalue weighted by atomic mass is 10.0. The van der Waals surface area contributed by atoms with Crippen LogP contribution in [0.25, 0.3) is 21.8 Å². The molecule has 0 unspecified atom stereocenters. The minimum absolute atomic E-state index is 0.197. The topological polar surface area (TPSA) is 78.5 Å². The second-order valence-electron chi connectivity index (χ2n) is 4.69. The summed E-state index contributed by atoms with van der Waals surface area (Å²) in [6.45, 7) is -0.221. The smallest absolute Gasteiger partial charge is 0.370 e. The largest absolute Gasteiger partial charge is 0.478 e. The summed E-state index contributed by atoms with van der Waals surface area (Å²) in [5.41, 5.74) is 1.38. The SMILES string of the molecule is O=C(O)C[n+]1c2ccccc2c(C(=O)O)c2ccccc21. The van der Waals surface area contributed by atoms with E-state index in [1.165, 1.54) is 0 Å². The first-order valence-corrected chi connectivity index (χ1v) is 6.38. The first kappa shape index (κ1) is 13.1. The molecule has 0 aliphatic heterocycles. The van der Waals surface area contributed by atoms with Crippen molar-refractivity contribution >= 4 is 33.7 Å². The number of carboxylic acid groups (broad SMARTS) is 2. The molecule has 21 heavy (non-hydrogen) atoms. The number of pyridine rings is 1. The summed E-state index contributed by atoms with van der Waals surface area (Å²) in [6, 6.07) is 13.9. The highest BCUT2D eigenvalue weighted by atomic mass is 16.4. The Morgan fingerprint density at radius 1 is 0.857 bits per heavy atom. The molecule has 0 spiro atoms. The number of fused-ring (bicyclic) bond motifs is 2. The molecule has 1 heterocycles. The Morgan fingerprint density at radius 3 is 1.76 bits per heavy atom. The Bertz CT molecular complexity index is 829. The second kappa shape index (κ2) is 4.86. The van der Waals surface area contributed by atoms with Gasteiger partial charge in [0, 0.05) is 12.1 Å². The van der Waals surface area contributed by atoms with E-state index in [-0.39, 0.29) is 12.1 Å². The fourth-order valence-corrected chi connectivity index (χ4v) is 2.65. The lowest BCUT2D eigenvalue weighted by Gasteiger charge is -2.08. The van der Waals surface area contributed by atoms with Gasteiger partial charge in [-0.2, -0.15) is 4.57 Å². The molecule has 1 aromatic heterocycles. The standard InChI is InChI=1S/C16H11NO4/c18-14(19)9-17-12-7-3-1-5-10(12)15(16(20)21)11-6-2-4-8-13(11)17/h1-8H,9H2,(H-,18,19,20,21)/p+1. The first-order valence-electron chi connectivity index (χ1n) is 6.38. The number of aromatic carboxylic acids is 1. The Kier molecular flexibility index (Phi) is 3.02. The van der Waals surface area contributed by atoms with E-state index in [4.69, 9.17) is 5.11 Å². The molecule has 0 saturated heterocycles. The van der Waals surface area contributed by atoms with Gasteiger partial charge in [-0.15, -0.1) is 0 Å². The molecule has 3 aromatic rings. The van der Waals surface area contributed by atoms with E-state index in [1.54, 1.807) is 53.1 Å². The van der Waals surface area contributed by atoms with E-state index in [9.17, 15) is 14.7 Å². The molecule has 0 aliphatic carbocycles. The lowest BCUT2D eigenvalue weighted by Crippen LogP contribution is -2.40. The Balaban J connectivity index is 2.57. The third-order valence-electron chi connectivity index (χ3n) is 3.44. The molecule has 0 bridgehead atoms. The minimum atomic E-state index is -1.02. The Labute approximate surface area is 119 Å². The van der Waals surface area contributed by atoms with Crippen molar-refractivity contribution in [3.63, 3.8) is 0 Å². The molecule has 0 radical (unpaired) electrons. The van der Waals surface area contributed by atoms with Crippen LogP contribution in [0.15, 0.2) is 48.5 Å². The van der Waals surface area contributed by atoms with Gasteiger partial charge in [-0.1, -0.05) is 24.3 Å². The second-order valence-corrected chi connectivity index (χ2v) is 4.69. The molecule has 2 aromatic carbocycles.